The van der Waals surface area contributed by atoms with Crippen LogP contribution in [0.4, 0.5) is 32.0 Å². The van der Waals surface area contributed by atoms with E-state index in [1.54, 1.807) is 12.2 Å². The van der Waals surface area contributed by atoms with E-state index in [1.807, 2.05) is 0 Å². The fraction of sp³-hybridized carbons (Fsp3) is 0.545. The number of amides is 1. The molecular formula is C22H23F6N3O2. The summed E-state index contributed by atoms with van der Waals surface area (Å²) in [4.78, 5) is 25.5. The number of nitrogens with one attached hydrogen (secondary N) is 1. The lowest BCUT2D eigenvalue weighted by molar-refractivity contribution is -0.173. The molecule has 1 aliphatic heterocycles. The number of alkyl halides is 4. The number of nitrogens with zero attached hydrogens (tertiary/aromatic N) is 2. The van der Waals surface area contributed by atoms with Gasteiger partial charge >= 0.3 is 12.1 Å². The molecule has 33 heavy (non-hydrogen) atoms. The molecule has 180 valence electrons. The Balaban J connectivity index is 1.90. The third-order valence-electron chi connectivity index (χ3n) is 6.53. The SMILES string of the molecule is CCC1(F)CCN(c2c(F)c(F)c3c(CNC(=O)C(F)(F)F)cc(=O)n(C4CC4)c3c2C)C1. The number of rotatable bonds is 5. The van der Waals surface area contributed by atoms with Crippen LogP contribution in [0.15, 0.2) is 10.9 Å². The Morgan fingerprint density at radius 2 is 1.91 bits per heavy atom. The Morgan fingerprint density at radius 3 is 2.45 bits per heavy atom. The minimum Gasteiger partial charge on any atom is -0.365 e. The highest BCUT2D eigenvalue weighted by Crippen LogP contribution is 2.43. The van der Waals surface area contributed by atoms with Crippen LogP contribution in [-0.2, 0) is 11.3 Å². The second-order valence-electron chi connectivity index (χ2n) is 8.79. The molecule has 0 spiro atoms. The summed E-state index contributed by atoms with van der Waals surface area (Å²) in [5.41, 5.74) is -2.29. The first-order chi connectivity index (χ1) is 15.4. The third-order valence-corrected chi connectivity index (χ3v) is 6.53. The highest BCUT2D eigenvalue weighted by molar-refractivity contribution is 5.91. The standard InChI is InChI=1S/C22H23F6N3O2/c1-3-21(25)6-7-30(10-21)19-11(2)18-15(16(23)17(19)24)12(9-29-20(33)22(26,27)28)8-14(32)31(18)13-4-5-13/h8,13H,3-7,9-10H2,1-2H3,(H,29,33). The number of carbonyl (C=O) groups is 1. The normalized spacial score (nSPS) is 21.2. The fourth-order valence-corrected chi connectivity index (χ4v) is 4.58. The average molecular weight is 475 g/mol. The number of hydrogen-bond acceptors (Lipinski definition) is 3. The number of aromatic nitrogens is 1. The lowest BCUT2D eigenvalue weighted by Crippen LogP contribution is -2.36. The molecule has 2 aromatic rings. The zero-order valence-electron chi connectivity index (χ0n) is 18.1. The van der Waals surface area contributed by atoms with Gasteiger partial charge in [0.05, 0.1) is 17.7 Å². The Hall–Kier alpha value is -2.72. The van der Waals surface area contributed by atoms with Crippen LogP contribution in [0.3, 0.4) is 0 Å². The molecule has 11 heteroatoms. The summed E-state index contributed by atoms with van der Waals surface area (Å²) in [5, 5.41) is 1.26. The van der Waals surface area contributed by atoms with Gasteiger partial charge in [-0.05, 0) is 31.7 Å². The van der Waals surface area contributed by atoms with E-state index in [9.17, 15) is 27.2 Å². The second kappa shape index (κ2) is 7.95. The van der Waals surface area contributed by atoms with Gasteiger partial charge in [0.1, 0.15) is 5.67 Å². The van der Waals surface area contributed by atoms with Gasteiger partial charge in [0.15, 0.2) is 11.6 Å². The third kappa shape index (κ3) is 4.06. The van der Waals surface area contributed by atoms with Crippen molar-refractivity contribution in [1.82, 2.24) is 9.88 Å². The number of pyridine rings is 1. The van der Waals surface area contributed by atoms with Gasteiger partial charge in [0.2, 0.25) is 0 Å². The first kappa shape index (κ1) is 23.4. The van der Waals surface area contributed by atoms with Gasteiger partial charge in [0.25, 0.3) is 5.56 Å². The van der Waals surface area contributed by atoms with Crippen LogP contribution in [-0.4, -0.2) is 35.4 Å². The first-order valence-corrected chi connectivity index (χ1v) is 10.7. The minimum absolute atomic E-state index is 0.0583. The Labute approximate surface area is 185 Å². The monoisotopic (exact) mass is 475 g/mol. The van der Waals surface area contributed by atoms with Crippen molar-refractivity contribution in [1.29, 1.82) is 0 Å². The largest absolute Gasteiger partial charge is 0.471 e. The molecule has 1 saturated heterocycles. The topological polar surface area (TPSA) is 54.3 Å². The molecule has 2 aliphatic rings. The predicted octanol–water partition coefficient (Wildman–Crippen LogP) is 4.43. The minimum atomic E-state index is -5.17. The van der Waals surface area contributed by atoms with Crippen LogP contribution >= 0.6 is 0 Å². The summed E-state index contributed by atoms with van der Waals surface area (Å²) in [6, 6.07) is 0.683. The smallest absolute Gasteiger partial charge is 0.365 e. The predicted molar refractivity (Wildman–Crippen MR) is 110 cm³/mol. The molecule has 5 nitrogen and oxygen atoms in total. The molecule has 2 heterocycles. The maximum atomic E-state index is 15.4. The van der Waals surface area contributed by atoms with Crippen molar-refractivity contribution in [3.63, 3.8) is 0 Å². The van der Waals surface area contributed by atoms with Crippen molar-refractivity contribution in [2.45, 2.75) is 64.0 Å². The maximum absolute atomic E-state index is 15.4. The lowest BCUT2D eigenvalue weighted by Gasteiger charge is -2.26. The van der Waals surface area contributed by atoms with E-state index in [0.29, 0.717) is 12.8 Å². The van der Waals surface area contributed by atoms with E-state index in [1.165, 1.54) is 16.4 Å². The van der Waals surface area contributed by atoms with Gasteiger partial charge in [-0.3, -0.25) is 9.59 Å². The number of carbonyl (C=O) groups excluding carboxylic acids is 1. The molecular weight excluding hydrogens is 452 g/mol. The maximum Gasteiger partial charge on any atom is 0.471 e. The summed E-state index contributed by atoms with van der Waals surface area (Å²) in [5.74, 6) is -4.86. The summed E-state index contributed by atoms with van der Waals surface area (Å²) in [7, 11) is 0. The van der Waals surface area contributed by atoms with E-state index in [0.717, 1.165) is 6.07 Å². The van der Waals surface area contributed by atoms with Crippen molar-refractivity contribution < 1.29 is 31.1 Å². The molecule has 1 amide bonds. The average Bonchev–Trinajstić information content (AvgIpc) is 3.51. The van der Waals surface area contributed by atoms with Crippen molar-refractivity contribution in [2.75, 3.05) is 18.0 Å². The first-order valence-electron chi connectivity index (χ1n) is 10.7. The van der Waals surface area contributed by atoms with Crippen LogP contribution in [0.5, 0.6) is 0 Å². The van der Waals surface area contributed by atoms with Gasteiger partial charge in [-0.1, -0.05) is 6.92 Å². The lowest BCUT2D eigenvalue weighted by atomic mass is 10.0. The summed E-state index contributed by atoms with van der Waals surface area (Å²) in [6.07, 6.45) is -3.54. The van der Waals surface area contributed by atoms with Crippen LogP contribution < -0.4 is 15.8 Å². The molecule has 1 N–H and O–H groups in total. The quantitative estimate of drug-likeness (QED) is 0.652. The highest BCUT2D eigenvalue weighted by Gasteiger charge is 2.41. The second-order valence-corrected chi connectivity index (χ2v) is 8.79. The fourth-order valence-electron chi connectivity index (χ4n) is 4.58. The Kier molecular flexibility index (Phi) is 5.65. The zero-order chi connectivity index (χ0) is 24.3. The Bertz CT molecular complexity index is 1190. The molecule has 2 fully saturated rings. The molecule has 0 radical (unpaired) electrons. The van der Waals surface area contributed by atoms with E-state index >= 15 is 8.78 Å². The van der Waals surface area contributed by atoms with E-state index in [2.05, 4.69) is 0 Å². The zero-order valence-corrected chi connectivity index (χ0v) is 18.1. The number of benzene rings is 1. The molecule has 1 aromatic carbocycles. The molecule has 4 rings (SSSR count). The van der Waals surface area contributed by atoms with Crippen molar-refractivity contribution >= 4 is 22.5 Å². The van der Waals surface area contributed by atoms with E-state index < -0.39 is 41.5 Å². The molecule has 1 aliphatic carbocycles. The van der Waals surface area contributed by atoms with Gasteiger partial charge in [0, 0.05) is 42.6 Å². The van der Waals surface area contributed by atoms with Crippen LogP contribution in [0.1, 0.15) is 49.8 Å². The van der Waals surface area contributed by atoms with Crippen LogP contribution in [0.2, 0.25) is 0 Å². The molecule has 1 unspecified atom stereocenters. The molecule has 0 bridgehead atoms. The van der Waals surface area contributed by atoms with E-state index in [4.69, 9.17) is 0 Å². The number of halogens is 6. The summed E-state index contributed by atoms with van der Waals surface area (Å²) < 4.78 is 84.7. The highest BCUT2D eigenvalue weighted by atomic mass is 19.4. The molecule has 1 atom stereocenters. The van der Waals surface area contributed by atoms with Crippen molar-refractivity contribution in [3.8, 4) is 0 Å². The van der Waals surface area contributed by atoms with E-state index in [-0.39, 0.29) is 59.7 Å². The van der Waals surface area contributed by atoms with Crippen LogP contribution in [0.25, 0.3) is 10.9 Å². The number of hydrogen-bond donors (Lipinski definition) is 1. The number of fused-ring (bicyclic) bond motifs is 1. The van der Waals surface area contributed by atoms with Crippen molar-refractivity contribution in [3.05, 3.63) is 39.2 Å². The van der Waals surface area contributed by atoms with Gasteiger partial charge < -0.3 is 14.8 Å². The van der Waals surface area contributed by atoms with Gasteiger partial charge in [-0.15, -0.1) is 0 Å². The molecule has 1 saturated carbocycles. The van der Waals surface area contributed by atoms with Gasteiger partial charge in [-0.2, -0.15) is 13.2 Å². The Morgan fingerprint density at radius 1 is 1.24 bits per heavy atom. The van der Waals surface area contributed by atoms with Gasteiger partial charge in [-0.25, -0.2) is 13.2 Å². The summed E-state index contributed by atoms with van der Waals surface area (Å²) >= 11 is 0. The summed E-state index contributed by atoms with van der Waals surface area (Å²) in [6.45, 7) is 2.36. The molecule has 1 aromatic heterocycles. The number of anilines is 1. The van der Waals surface area contributed by atoms with Crippen LogP contribution in [0, 0.1) is 18.6 Å². The van der Waals surface area contributed by atoms with Crippen molar-refractivity contribution in [2.24, 2.45) is 0 Å². The number of aryl methyl sites for hydroxylation is 1.